The molecule has 2 aromatic heterocycles. The number of pyridine rings is 1. The lowest BCUT2D eigenvalue weighted by Crippen LogP contribution is -2.47. The minimum absolute atomic E-state index is 0.137. The topological polar surface area (TPSA) is 88.3 Å². The monoisotopic (exact) mass is 320 g/mol. The van der Waals surface area contributed by atoms with Gasteiger partial charge in [-0.2, -0.15) is 0 Å². The molecule has 2 aromatic rings. The molecule has 0 radical (unpaired) electrons. The summed E-state index contributed by atoms with van der Waals surface area (Å²) in [7, 11) is 0. The van der Waals surface area contributed by atoms with Crippen molar-refractivity contribution in [3.63, 3.8) is 0 Å². The Morgan fingerprint density at radius 3 is 2.45 bits per heavy atom. The number of nitrogens with zero attached hydrogens (tertiary/aromatic N) is 6. The number of nitro groups is 1. The van der Waals surface area contributed by atoms with Crippen molar-refractivity contribution in [2.24, 2.45) is 0 Å². The Labute approximate surface area is 131 Å². The van der Waals surface area contributed by atoms with Crippen molar-refractivity contribution < 1.29 is 4.92 Å². The van der Waals surface area contributed by atoms with Gasteiger partial charge < -0.3 is 9.80 Å². The molecular weight excluding hydrogens is 308 g/mol. The molecule has 1 fully saturated rings. The van der Waals surface area contributed by atoms with Crippen LogP contribution >= 0.6 is 11.6 Å². The van der Waals surface area contributed by atoms with E-state index in [1.54, 1.807) is 6.20 Å². The standard InChI is InChI=1S/C13H13ClN6O2/c14-12-11(20(21)22)13(17-9-16-12)19-7-5-18(6-8-19)10-3-1-2-4-15-10/h1-4,9H,5-8H2. The van der Waals surface area contributed by atoms with Crippen molar-refractivity contribution in [3.05, 3.63) is 46.0 Å². The highest BCUT2D eigenvalue weighted by molar-refractivity contribution is 6.31. The number of anilines is 2. The summed E-state index contributed by atoms with van der Waals surface area (Å²) in [5.41, 5.74) is -0.240. The lowest BCUT2D eigenvalue weighted by Gasteiger charge is -2.35. The van der Waals surface area contributed by atoms with E-state index < -0.39 is 4.92 Å². The summed E-state index contributed by atoms with van der Waals surface area (Å²) in [6.45, 7) is 2.61. The number of aromatic nitrogens is 3. The zero-order valence-electron chi connectivity index (χ0n) is 11.6. The van der Waals surface area contributed by atoms with E-state index in [2.05, 4.69) is 19.9 Å². The zero-order valence-corrected chi connectivity index (χ0v) is 12.3. The molecule has 114 valence electrons. The number of hydrogen-bond acceptors (Lipinski definition) is 7. The molecule has 3 rings (SSSR count). The smallest absolute Gasteiger partial charge is 0.348 e. The van der Waals surface area contributed by atoms with Gasteiger partial charge in [0.15, 0.2) is 0 Å². The zero-order chi connectivity index (χ0) is 15.5. The van der Waals surface area contributed by atoms with Crippen LogP contribution in [0.3, 0.4) is 0 Å². The van der Waals surface area contributed by atoms with E-state index in [0.717, 1.165) is 5.82 Å². The van der Waals surface area contributed by atoms with E-state index in [0.29, 0.717) is 26.2 Å². The van der Waals surface area contributed by atoms with E-state index >= 15 is 0 Å². The van der Waals surface area contributed by atoms with Gasteiger partial charge in [-0.3, -0.25) is 10.1 Å². The Morgan fingerprint density at radius 1 is 1.09 bits per heavy atom. The van der Waals surface area contributed by atoms with Crippen molar-refractivity contribution in [1.82, 2.24) is 15.0 Å². The lowest BCUT2D eigenvalue weighted by atomic mass is 10.3. The average molecular weight is 321 g/mol. The molecule has 1 aliphatic heterocycles. The number of halogens is 1. The molecule has 0 aromatic carbocycles. The number of hydrogen-bond donors (Lipinski definition) is 0. The first-order valence-corrected chi connectivity index (χ1v) is 7.10. The third kappa shape index (κ3) is 2.77. The van der Waals surface area contributed by atoms with Gasteiger partial charge in [-0.15, -0.1) is 0 Å². The third-order valence-electron chi connectivity index (χ3n) is 3.49. The predicted molar refractivity (Wildman–Crippen MR) is 82.4 cm³/mol. The number of rotatable bonds is 3. The van der Waals surface area contributed by atoms with Crippen LogP contribution in [0.4, 0.5) is 17.3 Å². The molecule has 0 aliphatic carbocycles. The van der Waals surface area contributed by atoms with Crippen LogP contribution in [0, 0.1) is 10.1 Å². The highest BCUT2D eigenvalue weighted by atomic mass is 35.5. The first kappa shape index (κ1) is 14.5. The second-order valence-corrected chi connectivity index (χ2v) is 5.11. The predicted octanol–water partition coefficient (Wildman–Crippen LogP) is 1.76. The van der Waals surface area contributed by atoms with Crippen LogP contribution in [0.1, 0.15) is 0 Å². The van der Waals surface area contributed by atoms with Crippen molar-refractivity contribution in [1.29, 1.82) is 0 Å². The second kappa shape index (κ2) is 6.10. The van der Waals surface area contributed by atoms with E-state index in [9.17, 15) is 10.1 Å². The second-order valence-electron chi connectivity index (χ2n) is 4.76. The minimum Gasteiger partial charge on any atom is -0.353 e. The molecule has 9 heteroatoms. The summed E-state index contributed by atoms with van der Waals surface area (Å²) < 4.78 is 0. The highest BCUT2D eigenvalue weighted by Crippen LogP contribution is 2.31. The highest BCUT2D eigenvalue weighted by Gasteiger charge is 2.28. The fourth-order valence-corrected chi connectivity index (χ4v) is 2.62. The summed E-state index contributed by atoms with van der Waals surface area (Å²) in [5, 5.41) is 11.0. The van der Waals surface area contributed by atoms with Crippen LogP contribution in [-0.4, -0.2) is 46.1 Å². The summed E-state index contributed by atoms with van der Waals surface area (Å²) >= 11 is 5.83. The maximum atomic E-state index is 11.2. The summed E-state index contributed by atoms with van der Waals surface area (Å²) in [5.74, 6) is 1.17. The van der Waals surface area contributed by atoms with Gasteiger partial charge in [0.1, 0.15) is 12.1 Å². The third-order valence-corrected chi connectivity index (χ3v) is 3.77. The van der Waals surface area contributed by atoms with Crippen LogP contribution in [0.5, 0.6) is 0 Å². The Hall–Kier alpha value is -2.48. The summed E-state index contributed by atoms with van der Waals surface area (Å²) in [6, 6.07) is 5.75. The van der Waals surface area contributed by atoms with E-state index in [1.807, 2.05) is 23.1 Å². The van der Waals surface area contributed by atoms with E-state index in [-0.39, 0.29) is 16.7 Å². The lowest BCUT2D eigenvalue weighted by molar-refractivity contribution is -0.384. The molecule has 1 saturated heterocycles. The van der Waals surface area contributed by atoms with Gasteiger partial charge in [-0.1, -0.05) is 17.7 Å². The Kier molecular flexibility index (Phi) is 4.01. The van der Waals surface area contributed by atoms with Crippen LogP contribution in [-0.2, 0) is 0 Å². The van der Waals surface area contributed by atoms with E-state index in [4.69, 9.17) is 11.6 Å². The number of piperazine rings is 1. The molecule has 22 heavy (non-hydrogen) atoms. The molecule has 8 nitrogen and oxygen atoms in total. The normalized spacial score (nSPS) is 15.0. The minimum atomic E-state index is -0.539. The largest absolute Gasteiger partial charge is 0.353 e. The summed E-state index contributed by atoms with van der Waals surface area (Å²) in [4.78, 5) is 26.6. The molecule has 0 saturated carbocycles. The van der Waals surface area contributed by atoms with Gasteiger partial charge in [0.05, 0.1) is 4.92 Å². The Balaban J connectivity index is 1.77. The maximum absolute atomic E-state index is 11.2. The molecule has 1 aliphatic rings. The first-order chi connectivity index (χ1) is 10.7. The first-order valence-electron chi connectivity index (χ1n) is 6.72. The fourth-order valence-electron chi connectivity index (χ4n) is 2.43. The van der Waals surface area contributed by atoms with Crippen molar-refractivity contribution in [3.8, 4) is 0 Å². The molecule has 0 atom stereocenters. The molecule has 0 bridgehead atoms. The van der Waals surface area contributed by atoms with Gasteiger partial charge in [0, 0.05) is 32.4 Å². The van der Waals surface area contributed by atoms with Crippen molar-refractivity contribution in [2.45, 2.75) is 0 Å². The van der Waals surface area contributed by atoms with Crippen LogP contribution in [0.15, 0.2) is 30.7 Å². The Bertz CT molecular complexity index is 675. The van der Waals surface area contributed by atoms with Gasteiger partial charge in [0.25, 0.3) is 0 Å². The molecule has 0 amide bonds. The molecule has 0 spiro atoms. The summed E-state index contributed by atoms with van der Waals surface area (Å²) in [6.07, 6.45) is 2.99. The average Bonchev–Trinajstić information content (AvgIpc) is 2.55. The SMILES string of the molecule is O=[N+]([O-])c1c(Cl)ncnc1N1CCN(c2ccccn2)CC1. The molecule has 0 N–H and O–H groups in total. The van der Waals surface area contributed by atoms with Gasteiger partial charge in [-0.25, -0.2) is 15.0 Å². The van der Waals surface area contributed by atoms with Crippen molar-refractivity contribution in [2.75, 3.05) is 36.0 Å². The fraction of sp³-hybridized carbons (Fsp3) is 0.308. The Morgan fingerprint density at radius 2 is 1.82 bits per heavy atom. The van der Waals surface area contributed by atoms with Crippen molar-refractivity contribution >= 4 is 28.9 Å². The molecule has 3 heterocycles. The quantitative estimate of drug-likeness (QED) is 0.483. The van der Waals surface area contributed by atoms with Gasteiger partial charge in [-0.05, 0) is 12.1 Å². The van der Waals surface area contributed by atoms with Gasteiger partial charge in [0.2, 0.25) is 11.0 Å². The van der Waals surface area contributed by atoms with Crippen LogP contribution in [0.2, 0.25) is 5.15 Å². The van der Waals surface area contributed by atoms with Crippen LogP contribution in [0.25, 0.3) is 0 Å². The van der Waals surface area contributed by atoms with Crippen LogP contribution < -0.4 is 9.80 Å². The van der Waals surface area contributed by atoms with Gasteiger partial charge >= 0.3 is 5.69 Å². The molecule has 0 unspecified atom stereocenters. The van der Waals surface area contributed by atoms with E-state index in [1.165, 1.54) is 6.33 Å². The maximum Gasteiger partial charge on any atom is 0.348 e. The molecular formula is C13H13ClN6O2.